The summed E-state index contributed by atoms with van der Waals surface area (Å²) in [4.78, 5) is 14.4. The molecule has 1 saturated heterocycles. The number of ether oxygens (including phenoxy) is 1. The number of nitrogens with zero attached hydrogens (tertiary/aromatic N) is 1. The molecule has 0 bridgehead atoms. The van der Waals surface area contributed by atoms with Crippen molar-refractivity contribution in [3.8, 4) is 0 Å². The molecule has 0 spiro atoms. The Balaban J connectivity index is 2.04. The zero-order valence-corrected chi connectivity index (χ0v) is 11.3. The minimum absolute atomic E-state index is 0.0211. The van der Waals surface area contributed by atoms with E-state index < -0.39 is 0 Å². The molecule has 18 heavy (non-hydrogen) atoms. The Kier molecular flexibility index (Phi) is 3.94. The van der Waals surface area contributed by atoms with Crippen molar-refractivity contribution < 1.29 is 14.6 Å². The van der Waals surface area contributed by atoms with E-state index in [9.17, 15) is 9.90 Å². The summed E-state index contributed by atoms with van der Waals surface area (Å²) in [5.74, 6) is 0.737. The van der Waals surface area contributed by atoms with Crippen LogP contribution in [0.15, 0.2) is 0 Å². The third kappa shape index (κ3) is 2.39. The highest BCUT2D eigenvalue weighted by molar-refractivity contribution is 5.84. The highest BCUT2D eigenvalue weighted by Crippen LogP contribution is 2.46. The van der Waals surface area contributed by atoms with Crippen molar-refractivity contribution in [2.45, 2.75) is 38.9 Å². The van der Waals surface area contributed by atoms with E-state index in [2.05, 4.69) is 6.92 Å². The van der Waals surface area contributed by atoms with Gasteiger partial charge in [0.1, 0.15) is 0 Å². The second kappa shape index (κ2) is 5.15. The first kappa shape index (κ1) is 13.8. The average molecular weight is 256 g/mol. The van der Waals surface area contributed by atoms with E-state index in [0.717, 1.165) is 12.8 Å². The van der Waals surface area contributed by atoms with Crippen LogP contribution in [0.25, 0.3) is 0 Å². The van der Waals surface area contributed by atoms with Crippen LogP contribution >= 0.6 is 0 Å². The maximum atomic E-state index is 12.6. The molecule has 2 unspecified atom stereocenters. The fourth-order valence-corrected chi connectivity index (χ4v) is 3.35. The van der Waals surface area contributed by atoms with Crippen LogP contribution in [-0.4, -0.2) is 54.4 Å². The molecular formula is C13H24N2O3. The normalized spacial score (nSPS) is 40.4. The SMILES string of the molecule is CC1CC(CN)(C(=O)N2CC(C)OC(CO)C2)C1. The number of carbonyl (C=O) groups excluding carboxylic acids is 1. The highest BCUT2D eigenvalue weighted by atomic mass is 16.5. The fourth-order valence-electron chi connectivity index (χ4n) is 3.35. The molecule has 1 amide bonds. The molecule has 1 aliphatic carbocycles. The zero-order valence-electron chi connectivity index (χ0n) is 11.3. The number of carbonyl (C=O) groups is 1. The maximum absolute atomic E-state index is 12.6. The summed E-state index contributed by atoms with van der Waals surface area (Å²) in [6, 6.07) is 0. The third-order valence-electron chi connectivity index (χ3n) is 4.14. The van der Waals surface area contributed by atoms with Crippen molar-refractivity contribution in [3.05, 3.63) is 0 Å². The van der Waals surface area contributed by atoms with Crippen LogP contribution in [0.2, 0.25) is 0 Å². The van der Waals surface area contributed by atoms with Gasteiger partial charge in [0.2, 0.25) is 5.91 Å². The van der Waals surface area contributed by atoms with Crippen molar-refractivity contribution >= 4 is 5.91 Å². The molecule has 1 saturated carbocycles. The van der Waals surface area contributed by atoms with Crippen LogP contribution in [0.5, 0.6) is 0 Å². The predicted molar refractivity (Wildman–Crippen MR) is 67.9 cm³/mol. The molecule has 104 valence electrons. The summed E-state index contributed by atoms with van der Waals surface area (Å²) in [6.45, 7) is 5.55. The lowest BCUT2D eigenvalue weighted by Gasteiger charge is -2.48. The molecule has 5 nitrogen and oxygen atoms in total. The van der Waals surface area contributed by atoms with Crippen LogP contribution < -0.4 is 5.73 Å². The smallest absolute Gasteiger partial charge is 0.230 e. The van der Waals surface area contributed by atoms with Gasteiger partial charge >= 0.3 is 0 Å². The summed E-state index contributed by atoms with van der Waals surface area (Å²) in [6.07, 6.45) is 1.49. The lowest BCUT2D eigenvalue weighted by molar-refractivity contribution is -0.164. The van der Waals surface area contributed by atoms with E-state index in [1.165, 1.54) is 0 Å². The number of rotatable bonds is 3. The molecule has 0 radical (unpaired) electrons. The number of aliphatic hydroxyl groups is 1. The monoisotopic (exact) mass is 256 g/mol. The van der Waals surface area contributed by atoms with Gasteiger partial charge in [-0.1, -0.05) is 6.92 Å². The molecule has 1 aliphatic heterocycles. The van der Waals surface area contributed by atoms with Gasteiger partial charge in [-0.2, -0.15) is 0 Å². The summed E-state index contributed by atoms with van der Waals surface area (Å²) < 4.78 is 5.56. The van der Waals surface area contributed by atoms with Gasteiger partial charge in [-0.05, 0) is 25.7 Å². The standard InChI is InChI=1S/C13H24N2O3/c1-9-3-13(4-9,8-14)12(17)15-5-10(2)18-11(6-15)7-16/h9-11,16H,3-8,14H2,1-2H3. The molecular weight excluding hydrogens is 232 g/mol. The molecule has 1 heterocycles. The molecule has 5 heteroatoms. The summed E-state index contributed by atoms with van der Waals surface area (Å²) >= 11 is 0. The average Bonchev–Trinajstić information content (AvgIpc) is 2.33. The van der Waals surface area contributed by atoms with Gasteiger partial charge in [0.15, 0.2) is 0 Å². The van der Waals surface area contributed by atoms with Crippen LogP contribution in [0.3, 0.4) is 0 Å². The first-order chi connectivity index (χ1) is 8.50. The maximum Gasteiger partial charge on any atom is 0.230 e. The molecule has 2 aliphatic rings. The van der Waals surface area contributed by atoms with E-state index in [4.69, 9.17) is 10.5 Å². The summed E-state index contributed by atoms with van der Waals surface area (Å²) in [7, 11) is 0. The fraction of sp³-hybridized carbons (Fsp3) is 0.923. The summed E-state index contributed by atoms with van der Waals surface area (Å²) in [5, 5.41) is 9.19. The van der Waals surface area contributed by atoms with Gasteiger partial charge in [-0.25, -0.2) is 0 Å². The summed E-state index contributed by atoms with van der Waals surface area (Å²) in [5.41, 5.74) is 5.46. The van der Waals surface area contributed by atoms with Gasteiger partial charge in [0.05, 0.1) is 24.2 Å². The highest BCUT2D eigenvalue weighted by Gasteiger charge is 2.49. The van der Waals surface area contributed by atoms with Crippen molar-refractivity contribution in [2.75, 3.05) is 26.2 Å². The van der Waals surface area contributed by atoms with Crippen molar-refractivity contribution in [1.29, 1.82) is 0 Å². The Morgan fingerprint density at radius 3 is 2.61 bits per heavy atom. The molecule has 2 atom stereocenters. The van der Waals surface area contributed by atoms with Crippen molar-refractivity contribution in [2.24, 2.45) is 17.1 Å². The minimum atomic E-state index is -0.351. The number of morpholine rings is 1. The third-order valence-corrected chi connectivity index (χ3v) is 4.14. The Labute approximate surface area is 108 Å². The zero-order chi connectivity index (χ0) is 13.3. The predicted octanol–water partition coefficient (Wildman–Crippen LogP) is -0.0304. The van der Waals surface area contributed by atoms with E-state index >= 15 is 0 Å². The first-order valence-electron chi connectivity index (χ1n) is 6.76. The van der Waals surface area contributed by atoms with Crippen LogP contribution in [-0.2, 0) is 9.53 Å². The van der Waals surface area contributed by atoms with Gasteiger partial charge < -0.3 is 20.5 Å². The first-order valence-corrected chi connectivity index (χ1v) is 6.76. The van der Waals surface area contributed by atoms with Crippen molar-refractivity contribution in [1.82, 2.24) is 4.90 Å². The van der Waals surface area contributed by atoms with Gasteiger partial charge in [-0.3, -0.25) is 4.79 Å². The van der Waals surface area contributed by atoms with Crippen molar-refractivity contribution in [3.63, 3.8) is 0 Å². The molecule has 2 fully saturated rings. The van der Waals surface area contributed by atoms with E-state index in [1.807, 2.05) is 11.8 Å². The topological polar surface area (TPSA) is 75.8 Å². The second-order valence-electron chi connectivity index (χ2n) is 5.96. The quantitative estimate of drug-likeness (QED) is 0.743. The largest absolute Gasteiger partial charge is 0.394 e. The number of hydrogen-bond donors (Lipinski definition) is 2. The lowest BCUT2D eigenvalue weighted by atomic mass is 9.61. The number of aliphatic hydroxyl groups excluding tert-OH is 1. The van der Waals surface area contributed by atoms with E-state index in [1.54, 1.807) is 0 Å². The number of amides is 1. The van der Waals surface area contributed by atoms with Gasteiger partial charge in [0, 0.05) is 19.6 Å². The Morgan fingerprint density at radius 1 is 1.44 bits per heavy atom. The van der Waals surface area contributed by atoms with Crippen LogP contribution in [0.4, 0.5) is 0 Å². The number of hydrogen-bond acceptors (Lipinski definition) is 4. The van der Waals surface area contributed by atoms with Gasteiger partial charge in [-0.15, -0.1) is 0 Å². The van der Waals surface area contributed by atoms with Crippen LogP contribution in [0, 0.1) is 11.3 Å². The second-order valence-corrected chi connectivity index (χ2v) is 5.96. The molecule has 0 aromatic heterocycles. The molecule has 3 N–H and O–H groups in total. The molecule has 0 aromatic rings. The minimum Gasteiger partial charge on any atom is -0.394 e. The van der Waals surface area contributed by atoms with Gasteiger partial charge in [0.25, 0.3) is 0 Å². The molecule has 0 aromatic carbocycles. The Morgan fingerprint density at radius 2 is 2.11 bits per heavy atom. The number of nitrogens with two attached hydrogens (primary N) is 1. The van der Waals surface area contributed by atoms with E-state index in [-0.39, 0.29) is 30.1 Å². The Hall–Kier alpha value is -0.650. The Bertz CT molecular complexity index is 315. The lowest BCUT2D eigenvalue weighted by Crippen LogP contribution is -2.59. The molecule has 2 rings (SSSR count). The van der Waals surface area contributed by atoms with Crippen LogP contribution in [0.1, 0.15) is 26.7 Å². The van der Waals surface area contributed by atoms with E-state index in [0.29, 0.717) is 25.6 Å².